The van der Waals surface area contributed by atoms with Gasteiger partial charge in [-0.15, -0.1) is 12.4 Å². The Morgan fingerprint density at radius 2 is 2.06 bits per heavy atom. The number of nitrogens with one attached hydrogen (secondary N) is 1. The third kappa shape index (κ3) is 2.76. The number of carbonyl (C=O) groups is 1. The van der Waals surface area contributed by atoms with E-state index in [1.807, 2.05) is 0 Å². The van der Waals surface area contributed by atoms with Crippen LogP contribution in [-0.2, 0) is 11.0 Å². The second-order valence-corrected chi connectivity index (χ2v) is 3.95. The molecule has 1 aliphatic heterocycles. The average molecular weight is 282 g/mol. The van der Waals surface area contributed by atoms with Gasteiger partial charge in [0.1, 0.15) is 6.04 Å². The van der Waals surface area contributed by atoms with E-state index in [4.69, 9.17) is 5.11 Å². The Morgan fingerprint density at radius 3 is 2.50 bits per heavy atom. The number of benzene rings is 1. The van der Waals surface area contributed by atoms with Gasteiger partial charge in [-0.3, -0.25) is 4.79 Å². The van der Waals surface area contributed by atoms with E-state index in [1.165, 1.54) is 12.1 Å². The molecule has 1 aromatic carbocycles. The standard InChI is InChI=1S/C11H10F3NO2.ClH/c12-11(13,14)7-3-1-2-6(4-7)8-5-15-9(8)10(16)17;/h1-4,8-9,15H,5H2,(H,16,17);1H/t8-,9+;/m0./s1. The maximum Gasteiger partial charge on any atom is 0.416 e. The number of halogens is 4. The largest absolute Gasteiger partial charge is 0.480 e. The van der Waals surface area contributed by atoms with E-state index in [2.05, 4.69) is 5.32 Å². The SMILES string of the molecule is Cl.O=C(O)[C@@H]1NC[C@H]1c1cccc(C(F)(F)F)c1. The van der Waals surface area contributed by atoms with Crippen molar-refractivity contribution >= 4 is 18.4 Å². The second-order valence-electron chi connectivity index (χ2n) is 3.95. The summed E-state index contributed by atoms with van der Waals surface area (Å²) in [4.78, 5) is 10.8. The summed E-state index contributed by atoms with van der Waals surface area (Å²) in [6, 6.07) is 4.03. The Bertz CT molecular complexity index is 450. The number of carboxylic acid groups (broad SMARTS) is 1. The van der Waals surface area contributed by atoms with Gasteiger partial charge in [0, 0.05) is 12.5 Å². The summed E-state index contributed by atoms with van der Waals surface area (Å²) >= 11 is 0. The molecule has 2 N–H and O–H groups in total. The van der Waals surface area contributed by atoms with Crippen molar-refractivity contribution in [3.63, 3.8) is 0 Å². The van der Waals surface area contributed by atoms with Gasteiger partial charge in [0.2, 0.25) is 0 Å². The molecule has 0 unspecified atom stereocenters. The molecule has 0 bridgehead atoms. The van der Waals surface area contributed by atoms with Gasteiger partial charge < -0.3 is 10.4 Å². The lowest BCUT2D eigenvalue weighted by atomic mass is 9.84. The third-order valence-electron chi connectivity index (χ3n) is 2.87. The highest BCUT2D eigenvalue weighted by Gasteiger charge is 2.38. The molecule has 0 amide bonds. The molecule has 2 atom stereocenters. The predicted molar refractivity (Wildman–Crippen MR) is 60.9 cm³/mol. The van der Waals surface area contributed by atoms with Gasteiger partial charge >= 0.3 is 12.1 Å². The molecule has 0 aliphatic carbocycles. The minimum Gasteiger partial charge on any atom is -0.480 e. The van der Waals surface area contributed by atoms with Crippen molar-refractivity contribution < 1.29 is 23.1 Å². The molecular formula is C11H11ClF3NO2. The fraction of sp³-hybridized carbons (Fsp3) is 0.364. The summed E-state index contributed by atoms with van der Waals surface area (Å²) in [7, 11) is 0. The van der Waals surface area contributed by atoms with Crippen LogP contribution < -0.4 is 5.32 Å². The Labute approximate surface area is 107 Å². The number of hydrogen-bond acceptors (Lipinski definition) is 2. The Morgan fingerprint density at radius 1 is 1.39 bits per heavy atom. The van der Waals surface area contributed by atoms with Crippen molar-refractivity contribution in [3.8, 4) is 0 Å². The molecule has 1 heterocycles. The van der Waals surface area contributed by atoms with Crippen molar-refractivity contribution in [2.75, 3.05) is 6.54 Å². The van der Waals surface area contributed by atoms with Gasteiger partial charge in [-0.1, -0.05) is 18.2 Å². The zero-order valence-corrected chi connectivity index (χ0v) is 9.89. The summed E-state index contributed by atoms with van der Waals surface area (Å²) in [6.07, 6.45) is -4.40. The molecule has 2 rings (SSSR count). The van der Waals surface area contributed by atoms with Gasteiger partial charge in [0.15, 0.2) is 0 Å². The van der Waals surface area contributed by atoms with Crippen LogP contribution in [0.2, 0.25) is 0 Å². The molecule has 0 radical (unpaired) electrons. The molecule has 18 heavy (non-hydrogen) atoms. The molecule has 3 nitrogen and oxygen atoms in total. The van der Waals surface area contributed by atoms with Crippen LogP contribution in [0.25, 0.3) is 0 Å². The molecule has 100 valence electrons. The van der Waals surface area contributed by atoms with E-state index in [-0.39, 0.29) is 12.4 Å². The Hall–Kier alpha value is -1.27. The van der Waals surface area contributed by atoms with Crippen LogP contribution in [0.3, 0.4) is 0 Å². The molecular weight excluding hydrogens is 271 g/mol. The highest BCUT2D eigenvalue weighted by molar-refractivity contribution is 5.85. The normalized spacial score (nSPS) is 22.8. The summed E-state index contributed by atoms with van der Waals surface area (Å²) in [6.45, 7) is 0.387. The first-order valence-electron chi connectivity index (χ1n) is 5.03. The summed E-state index contributed by atoms with van der Waals surface area (Å²) in [5, 5.41) is 11.5. The summed E-state index contributed by atoms with van der Waals surface area (Å²) in [5.41, 5.74) is -0.336. The van der Waals surface area contributed by atoms with Gasteiger partial charge in [-0.25, -0.2) is 0 Å². The smallest absolute Gasteiger partial charge is 0.416 e. The van der Waals surface area contributed by atoms with E-state index in [0.717, 1.165) is 12.1 Å². The zero-order chi connectivity index (χ0) is 12.6. The van der Waals surface area contributed by atoms with Gasteiger partial charge in [0.05, 0.1) is 5.56 Å². The van der Waals surface area contributed by atoms with Crippen LogP contribution >= 0.6 is 12.4 Å². The fourth-order valence-electron chi connectivity index (χ4n) is 1.87. The van der Waals surface area contributed by atoms with E-state index in [1.54, 1.807) is 0 Å². The van der Waals surface area contributed by atoms with Crippen molar-refractivity contribution in [3.05, 3.63) is 35.4 Å². The lowest BCUT2D eigenvalue weighted by Gasteiger charge is -2.35. The average Bonchev–Trinajstić information content (AvgIpc) is 2.14. The van der Waals surface area contributed by atoms with Crippen molar-refractivity contribution in [1.82, 2.24) is 5.32 Å². The van der Waals surface area contributed by atoms with Gasteiger partial charge in [0.25, 0.3) is 0 Å². The molecule has 0 spiro atoms. The maximum absolute atomic E-state index is 12.5. The van der Waals surface area contributed by atoms with Crippen LogP contribution in [0, 0.1) is 0 Å². The van der Waals surface area contributed by atoms with Crippen molar-refractivity contribution in [2.45, 2.75) is 18.1 Å². The highest BCUT2D eigenvalue weighted by atomic mass is 35.5. The second kappa shape index (κ2) is 5.16. The van der Waals surface area contributed by atoms with E-state index >= 15 is 0 Å². The monoisotopic (exact) mass is 281 g/mol. The number of hydrogen-bond donors (Lipinski definition) is 2. The Kier molecular flexibility index (Phi) is 4.24. The predicted octanol–water partition coefficient (Wildman–Crippen LogP) is 2.27. The first-order chi connectivity index (χ1) is 7.89. The first-order valence-corrected chi connectivity index (χ1v) is 5.03. The highest BCUT2D eigenvalue weighted by Crippen LogP contribution is 2.33. The van der Waals surface area contributed by atoms with Crippen LogP contribution in [0.1, 0.15) is 17.0 Å². The minimum absolute atomic E-state index is 0. The lowest BCUT2D eigenvalue weighted by molar-refractivity contribution is -0.142. The summed E-state index contributed by atoms with van der Waals surface area (Å²) < 4.78 is 37.4. The lowest BCUT2D eigenvalue weighted by Crippen LogP contribution is -2.55. The van der Waals surface area contributed by atoms with Gasteiger partial charge in [-0.2, -0.15) is 13.2 Å². The van der Waals surface area contributed by atoms with Crippen LogP contribution in [0.5, 0.6) is 0 Å². The number of aliphatic carboxylic acids is 1. The molecule has 0 saturated carbocycles. The topological polar surface area (TPSA) is 49.3 Å². The maximum atomic E-state index is 12.5. The molecule has 1 aliphatic rings. The molecule has 1 saturated heterocycles. The minimum atomic E-state index is -4.40. The van der Waals surface area contributed by atoms with Crippen LogP contribution in [-0.4, -0.2) is 23.7 Å². The van der Waals surface area contributed by atoms with Crippen molar-refractivity contribution in [2.24, 2.45) is 0 Å². The molecule has 1 fully saturated rings. The number of rotatable bonds is 2. The molecule has 1 aromatic rings. The quantitative estimate of drug-likeness (QED) is 0.874. The van der Waals surface area contributed by atoms with Gasteiger partial charge in [-0.05, 0) is 11.6 Å². The molecule has 7 heteroatoms. The first kappa shape index (κ1) is 14.8. The van der Waals surface area contributed by atoms with E-state index < -0.39 is 29.7 Å². The number of carboxylic acids is 1. The van der Waals surface area contributed by atoms with Crippen LogP contribution in [0.4, 0.5) is 13.2 Å². The molecule has 0 aromatic heterocycles. The van der Waals surface area contributed by atoms with E-state index in [0.29, 0.717) is 12.1 Å². The summed E-state index contributed by atoms with van der Waals surface area (Å²) in [5.74, 6) is -1.44. The Balaban J connectivity index is 0.00000162. The number of alkyl halides is 3. The van der Waals surface area contributed by atoms with E-state index in [9.17, 15) is 18.0 Å². The fourth-order valence-corrected chi connectivity index (χ4v) is 1.87. The van der Waals surface area contributed by atoms with Crippen molar-refractivity contribution in [1.29, 1.82) is 0 Å². The van der Waals surface area contributed by atoms with Crippen LogP contribution in [0.15, 0.2) is 24.3 Å². The zero-order valence-electron chi connectivity index (χ0n) is 9.07. The third-order valence-corrected chi connectivity index (χ3v) is 2.87.